The lowest BCUT2D eigenvalue weighted by Crippen LogP contribution is -2.13. The first kappa shape index (κ1) is 17.0. The van der Waals surface area contributed by atoms with Gasteiger partial charge in [0.05, 0.1) is 6.33 Å². The lowest BCUT2D eigenvalue weighted by atomic mass is 10.2. The van der Waals surface area contributed by atoms with Crippen molar-refractivity contribution >= 4 is 15.7 Å². The van der Waals surface area contributed by atoms with Crippen LogP contribution >= 0.6 is 0 Å². The van der Waals surface area contributed by atoms with Gasteiger partial charge in [-0.1, -0.05) is 5.16 Å². The molecule has 0 saturated carbocycles. The molecule has 0 atom stereocenters. The van der Waals surface area contributed by atoms with Crippen LogP contribution in [0.3, 0.4) is 0 Å². The van der Waals surface area contributed by atoms with Crippen LogP contribution in [-0.4, -0.2) is 28.1 Å². The molecule has 0 aliphatic heterocycles. The van der Waals surface area contributed by atoms with Crippen LogP contribution in [0.2, 0.25) is 0 Å². The first-order valence-electron chi connectivity index (χ1n) is 6.67. The van der Waals surface area contributed by atoms with Gasteiger partial charge < -0.3 is 9.09 Å². The monoisotopic (exact) mass is 373 g/mol. The van der Waals surface area contributed by atoms with Crippen molar-refractivity contribution in [1.82, 2.24) is 19.7 Å². The molecule has 0 saturated heterocycles. The predicted octanol–water partition coefficient (Wildman–Crippen LogP) is 2.29. The van der Waals surface area contributed by atoms with Gasteiger partial charge in [-0.3, -0.25) is 4.72 Å². The van der Waals surface area contributed by atoms with E-state index in [9.17, 15) is 21.6 Å². The van der Waals surface area contributed by atoms with E-state index >= 15 is 0 Å². The minimum absolute atomic E-state index is 0.160. The molecule has 132 valence electrons. The summed E-state index contributed by atoms with van der Waals surface area (Å²) in [6, 6.07) is 5.45. The number of nitrogens with one attached hydrogen (secondary N) is 1. The Morgan fingerprint density at radius 2 is 1.88 bits per heavy atom. The first-order chi connectivity index (χ1) is 11.6. The van der Waals surface area contributed by atoms with E-state index in [0.29, 0.717) is 0 Å². The highest BCUT2D eigenvalue weighted by atomic mass is 32.2. The Hall–Kier alpha value is -2.89. The zero-order valence-electron chi connectivity index (χ0n) is 12.5. The number of rotatable bonds is 4. The number of aromatic nitrogens is 4. The van der Waals surface area contributed by atoms with Crippen molar-refractivity contribution < 1.29 is 26.1 Å². The van der Waals surface area contributed by atoms with Crippen LogP contribution in [0, 0.1) is 0 Å². The molecule has 25 heavy (non-hydrogen) atoms. The average Bonchev–Trinajstić information content (AvgIpc) is 3.16. The number of anilines is 1. The molecule has 1 aromatic carbocycles. The molecule has 0 unspecified atom stereocenters. The van der Waals surface area contributed by atoms with Crippen LogP contribution in [-0.2, 0) is 23.2 Å². The fourth-order valence-corrected chi connectivity index (χ4v) is 2.92. The van der Waals surface area contributed by atoms with Gasteiger partial charge in [0.2, 0.25) is 5.82 Å². The summed E-state index contributed by atoms with van der Waals surface area (Å²) in [5, 5.41) is 3.09. The van der Waals surface area contributed by atoms with Gasteiger partial charge in [0.15, 0.2) is 5.03 Å². The standard InChI is InChI=1S/C13H10F3N5O3S/c1-21-6-10(17-7-21)25(22,23)20-9-4-2-8(3-5-9)11-18-12(24-19-11)13(14,15)16/h2-7,20H,1H3. The summed E-state index contributed by atoms with van der Waals surface area (Å²) in [6.45, 7) is 0. The molecule has 12 heteroatoms. The first-order valence-corrected chi connectivity index (χ1v) is 8.15. The van der Waals surface area contributed by atoms with Gasteiger partial charge in [0.25, 0.3) is 10.0 Å². The van der Waals surface area contributed by atoms with Crippen LogP contribution in [0.5, 0.6) is 0 Å². The normalized spacial score (nSPS) is 12.3. The third kappa shape index (κ3) is 3.63. The van der Waals surface area contributed by atoms with E-state index in [1.165, 1.54) is 41.4 Å². The number of alkyl halides is 3. The number of hydrogen-bond acceptors (Lipinski definition) is 6. The van der Waals surface area contributed by atoms with E-state index in [2.05, 4.69) is 24.4 Å². The maximum absolute atomic E-state index is 12.4. The minimum Gasteiger partial charge on any atom is -0.339 e. The van der Waals surface area contributed by atoms with E-state index in [0.717, 1.165) is 0 Å². The SMILES string of the molecule is Cn1cnc(S(=O)(=O)Nc2ccc(-c3noc(C(F)(F)F)n3)cc2)c1. The second-order valence-corrected chi connectivity index (χ2v) is 6.61. The molecule has 0 aliphatic carbocycles. The number of aryl methyl sites for hydroxylation is 1. The quantitative estimate of drug-likeness (QED) is 0.753. The van der Waals surface area contributed by atoms with Crippen molar-refractivity contribution in [2.75, 3.05) is 4.72 Å². The molecule has 0 aliphatic rings. The molecule has 1 N–H and O–H groups in total. The van der Waals surface area contributed by atoms with E-state index in [4.69, 9.17) is 0 Å². The van der Waals surface area contributed by atoms with Gasteiger partial charge in [-0.25, -0.2) is 4.98 Å². The van der Waals surface area contributed by atoms with Crippen molar-refractivity contribution in [3.63, 3.8) is 0 Å². The molecule has 0 radical (unpaired) electrons. The lowest BCUT2D eigenvalue weighted by molar-refractivity contribution is -0.159. The Morgan fingerprint density at radius 3 is 2.40 bits per heavy atom. The zero-order valence-corrected chi connectivity index (χ0v) is 13.3. The molecule has 0 fully saturated rings. The van der Waals surface area contributed by atoms with E-state index < -0.39 is 22.1 Å². The van der Waals surface area contributed by atoms with Gasteiger partial charge in [-0.05, 0) is 24.3 Å². The van der Waals surface area contributed by atoms with Gasteiger partial charge >= 0.3 is 12.1 Å². The molecular formula is C13H10F3N5O3S. The lowest BCUT2D eigenvalue weighted by Gasteiger charge is -2.06. The van der Waals surface area contributed by atoms with Crippen molar-refractivity contribution in [3.8, 4) is 11.4 Å². The Bertz CT molecular complexity index is 993. The number of halogens is 3. The number of benzene rings is 1. The second kappa shape index (κ2) is 5.88. The molecule has 0 spiro atoms. The van der Waals surface area contributed by atoms with Crippen molar-refractivity contribution in [3.05, 3.63) is 42.7 Å². The molecule has 0 bridgehead atoms. The summed E-state index contributed by atoms with van der Waals surface area (Å²) >= 11 is 0. The van der Waals surface area contributed by atoms with Crippen LogP contribution in [0.1, 0.15) is 5.89 Å². The average molecular weight is 373 g/mol. The fraction of sp³-hybridized carbons (Fsp3) is 0.154. The number of hydrogen-bond donors (Lipinski definition) is 1. The largest absolute Gasteiger partial charge is 0.471 e. The maximum atomic E-state index is 12.4. The summed E-state index contributed by atoms with van der Waals surface area (Å²) < 4.78 is 69.5. The highest BCUT2D eigenvalue weighted by Gasteiger charge is 2.38. The molecule has 2 heterocycles. The fourth-order valence-electron chi connectivity index (χ4n) is 1.88. The highest BCUT2D eigenvalue weighted by molar-refractivity contribution is 7.92. The van der Waals surface area contributed by atoms with E-state index in [1.54, 1.807) is 7.05 Å². The number of sulfonamides is 1. The van der Waals surface area contributed by atoms with Crippen molar-refractivity contribution in [2.24, 2.45) is 7.05 Å². The van der Waals surface area contributed by atoms with Crippen LogP contribution in [0.4, 0.5) is 18.9 Å². The predicted molar refractivity (Wildman–Crippen MR) is 78.8 cm³/mol. The molecule has 8 nitrogen and oxygen atoms in total. The van der Waals surface area contributed by atoms with Crippen LogP contribution in [0.15, 0.2) is 46.3 Å². The summed E-state index contributed by atoms with van der Waals surface area (Å²) in [6.07, 6.45) is -2.07. The number of nitrogens with zero attached hydrogens (tertiary/aromatic N) is 4. The smallest absolute Gasteiger partial charge is 0.339 e. The second-order valence-electron chi connectivity index (χ2n) is 4.98. The highest BCUT2D eigenvalue weighted by Crippen LogP contribution is 2.29. The molecule has 0 amide bonds. The molecule has 2 aromatic heterocycles. The summed E-state index contributed by atoms with van der Waals surface area (Å²) in [5.74, 6) is -1.71. The maximum Gasteiger partial charge on any atom is 0.471 e. The van der Waals surface area contributed by atoms with Crippen molar-refractivity contribution in [1.29, 1.82) is 0 Å². The minimum atomic E-state index is -4.73. The third-order valence-corrected chi connectivity index (χ3v) is 4.29. The van der Waals surface area contributed by atoms with Gasteiger partial charge in [0.1, 0.15) is 0 Å². The topological polar surface area (TPSA) is 103 Å². The summed E-state index contributed by atoms with van der Waals surface area (Å²) in [4.78, 5) is 7.00. The number of imidazole rings is 1. The van der Waals surface area contributed by atoms with Gasteiger partial charge in [-0.2, -0.15) is 26.6 Å². The Labute approximate surface area is 139 Å². The summed E-state index contributed by atoms with van der Waals surface area (Å²) in [5.41, 5.74) is 0.439. The van der Waals surface area contributed by atoms with Gasteiger partial charge in [-0.15, -0.1) is 0 Å². The van der Waals surface area contributed by atoms with Crippen LogP contribution in [0.25, 0.3) is 11.4 Å². The Kier molecular flexibility index (Phi) is 3.99. The Morgan fingerprint density at radius 1 is 1.20 bits per heavy atom. The molecular weight excluding hydrogens is 363 g/mol. The van der Waals surface area contributed by atoms with Gasteiger partial charge in [0, 0.05) is 24.5 Å². The van der Waals surface area contributed by atoms with E-state index in [-0.39, 0.29) is 22.1 Å². The summed E-state index contributed by atoms with van der Waals surface area (Å²) in [7, 11) is -2.24. The zero-order chi connectivity index (χ0) is 18.2. The van der Waals surface area contributed by atoms with Crippen molar-refractivity contribution in [2.45, 2.75) is 11.2 Å². The molecule has 3 rings (SSSR count). The third-order valence-electron chi connectivity index (χ3n) is 3.02. The molecule has 3 aromatic rings. The van der Waals surface area contributed by atoms with Crippen LogP contribution < -0.4 is 4.72 Å². The van der Waals surface area contributed by atoms with E-state index in [1.807, 2.05) is 0 Å². The Balaban J connectivity index is 1.80.